The first-order chi connectivity index (χ1) is 13.4. The van der Waals surface area contributed by atoms with Crippen molar-refractivity contribution in [3.8, 4) is 0 Å². The number of carbonyl (C=O) groups excluding carboxylic acids is 1. The lowest BCUT2D eigenvalue weighted by molar-refractivity contribution is 0.0940. The predicted octanol–water partition coefficient (Wildman–Crippen LogP) is 4.00. The number of hydrogen-bond donors (Lipinski definition) is 1. The highest BCUT2D eigenvalue weighted by molar-refractivity contribution is 7.92. The Bertz CT molecular complexity index is 1030. The van der Waals surface area contributed by atoms with Crippen LogP contribution in [0.15, 0.2) is 89.8 Å². The minimum atomic E-state index is -3.65. The molecule has 6 heteroatoms. The zero-order valence-corrected chi connectivity index (χ0v) is 16.6. The molecule has 0 aliphatic carbocycles. The zero-order chi connectivity index (χ0) is 20.1. The largest absolute Gasteiger partial charge is 0.346 e. The van der Waals surface area contributed by atoms with Crippen LogP contribution in [0, 0.1) is 0 Å². The van der Waals surface area contributed by atoms with Crippen LogP contribution in [0.2, 0.25) is 0 Å². The van der Waals surface area contributed by atoms with Crippen LogP contribution in [0.25, 0.3) is 0 Å². The van der Waals surface area contributed by atoms with Gasteiger partial charge in [0.1, 0.15) is 0 Å². The smallest absolute Gasteiger partial charge is 0.264 e. The van der Waals surface area contributed by atoms with Crippen molar-refractivity contribution >= 4 is 21.6 Å². The van der Waals surface area contributed by atoms with Gasteiger partial charge in [-0.15, -0.1) is 0 Å². The molecule has 0 saturated heterocycles. The molecule has 3 rings (SSSR count). The fourth-order valence-electron chi connectivity index (χ4n) is 2.82. The Balaban J connectivity index is 1.73. The first-order valence-corrected chi connectivity index (χ1v) is 10.3. The second-order valence-corrected chi connectivity index (χ2v) is 8.41. The van der Waals surface area contributed by atoms with Gasteiger partial charge in [0, 0.05) is 12.6 Å². The van der Waals surface area contributed by atoms with Crippen molar-refractivity contribution in [3.63, 3.8) is 0 Å². The number of hydrogen-bond acceptors (Lipinski definition) is 3. The molecule has 0 radical (unpaired) electrons. The van der Waals surface area contributed by atoms with Gasteiger partial charge in [0.05, 0.1) is 16.6 Å². The van der Waals surface area contributed by atoms with Crippen LogP contribution in [-0.4, -0.2) is 21.4 Å². The molecule has 0 spiro atoms. The SMILES string of the molecule is C[C@H](NC(=O)c1ccc(N(C)S(=O)(=O)c2ccccc2)cc1)c1ccccc1. The van der Waals surface area contributed by atoms with Gasteiger partial charge in [0.25, 0.3) is 15.9 Å². The number of rotatable bonds is 6. The number of anilines is 1. The van der Waals surface area contributed by atoms with E-state index in [1.165, 1.54) is 11.4 Å². The highest BCUT2D eigenvalue weighted by atomic mass is 32.2. The standard InChI is InChI=1S/C22H22N2O3S/c1-17(18-9-5-3-6-10-18)23-22(25)19-13-15-20(16-14-19)24(2)28(26,27)21-11-7-4-8-12-21/h3-17H,1-2H3,(H,23,25)/t17-/m0/s1. The van der Waals surface area contributed by atoms with E-state index in [0.29, 0.717) is 11.3 Å². The summed E-state index contributed by atoms with van der Waals surface area (Å²) >= 11 is 0. The molecule has 0 aromatic heterocycles. The molecule has 0 aliphatic heterocycles. The summed E-state index contributed by atoms with van der Waals surface area (Å²) < 4.78 is 26.6. The molecule has 0 unspecified atom stereocenters. The van der Waals surface area contributed by atoms with Gasteiger partial charge in [-0.2, -0.15) is 0 Å². The molecular formula is C22H22N2O3S. The Hall–Kier alpha value is -3.12. The van der Waals surface area contributed by atoms with Gasteiger partial charge < -0.3 is 5.32 Å². The Morgan fingerprint density at radius 1 is 0.857 bits per heavy atom. The third kappa shape index (κ3) is 4.23. The normalized spacial score (nSPS) is 12.2. The van der Waals surface area contributed by atoms with Crippen LogP contribution in [0.5, 0.6) is 0 Å². The van der Waals surface area contributed by atoms with Crippen LogP contribution in [0.3, 0.4) is 0 Å². The van der Waals surface area contributed by atoms with Gasteiger partial charge in [0.2, 0.25) is 0 Å². The molecule has 5 nitrogen and oxygen atoms in total. The first kappa shape index (κ1) is 19.6. The van der Waals surface area contributed by atoms with Crippen molar-refractivity contribution in [3.05, 3.63) is 96.1 Å². The van der Waals surface area contributed by atoms with Crippen molar-refractivity contribution in [1.82, 2.24) is 5.32 Å². The molecule has 3 aromatic carbocycles. The van der Waals surface area contributed by atoms with Gasteiger partial charge in [-0.3, -0.25) is 9.10 Å². The molecule has 0 aliphatic rings. The average Bonchev–Trinajstić information content (AvgIpc) is 2.74. The summed E-state index contributed by atoms with van der Waals surface area (Å²) in [5.41, 5.74) is 1.97. The van der Waals surface area contributed by atoms with Crippen LogP contribution in [0.1, 0.15) is 28.9 Å². The highest BCUT2D eigenvalue weighted by Gasteiger charge is 2.21. The molecule has 0 fully saturated rings. The molecule has 144 valence electrons. The van der Waals surface area contributed by atoms with Crippen LogP contribution >= 0.6 is 0 Å². The minimum absolute atomic E-state index is 0.130. The monoisotopic (exact) mass is 394 g/mol. The Labute approximate surface area is 165 Å². The van der Waals surface area contributed by atoms with E-state index in [-0.39, 0.29) is 16.8 Å². The Morgan fingerprint density at radius 3 is 1.96 bits per heavy atom. The third-order valence-electron chi connectivity index (χ3n) is 4.54. The number of sulfonamides is 1. The number of amides is 1. The second kappa shape index (κ2) is 8.27. The second-order valence-electron chi connectivity index (χ2n) is 6.44. The summed E-state index contributed by atoms with van der Waals surface area (Å²) in [7, 11) is -2.15. The fraction of sp³-hybridized carbons (Fsp3) is 0.136. The molecule has 0 saturated carbocycles. The minimum Gasteiger partial charge on any atom is -0.346 e. The van der Waals surface area contributed by atoms with Gasteiger partial charge in [0.15, 0.2) is 0 Å². The summed E-state index contributed by atoms with van der Waals surface area (Å²) in [6, 6.07) is 24.3. The molecule has 1 atom stereocenters. The third-order valence-corrected chi connectivity index (χ3v) is 6.34. The van der Waals surface area contributed by atoms with Gasteiger partial charge in [-0.05, 0) is 48.9 Å². The van der Waals surface area contributed by atoms with Gasteiger partial charge in [-0.1, -0.05) is 48.5 Å². The van der Waals surface area contributed by atoms with Gasteiger partial charge >= 0.3 is 0 Å². The summed E-state index contributed by atoms with van der Waals surface area (Å²) in [6.45, 7) is 1.92. The quantitative estimate of drug-likeness (QED) is 0.687. The molecule has 28 heavy (non-hydrogen) atoms. The number of benzene rings is 3. The van der Waals surface area contributed by atoms with E-state index in [1.54, 1.807) is 54.6 Å². The fourth-order valence-corrected chi connectivity index (χ4v) is 4.03. The highest BCUT2D eigenvalue weighted by Crippen LogP contribution is 2.22. The Morgan fingerprint density at radius 2 is 1.39 bits per heavy atom. The molecule has 0 heterocycles. The summed E-state index contributed by atoms with van der Waals surface area (Å²) in [5.74, 6) is -0.212. The maximum Gasteiger partial charge on any atom is 0.264 e. The molecule has 3 aromatic rings. The number of carbonyl (C=O) groups is 1. The molecule has 1 amide bonds. The topological polar surface area (TPSA) is 66.5 Å². The van der Waals surface area contributed by atoms with Crippen LogP contribution in [-0.2, 0) is 10.0 Å². The Kier molecular flexibility index (Phi) is 5.80. The van der Waals surface area contributed by atoms with Crippen molar-refractivity contribution in [2.45, 2.75) is 17.9 Å². The van der Waals surface area contributed by atoms with E-state index in [1.807, 2.05) is 37.3 Å². The predicted molar refractivity (Wildman–Crippen MR) is 111 cm³/mol. The molecular weight excluding hydrogens is 372 g/mol. The van der Waals surface area contributed by atoms with Crippen molar-refractivity contribution in [2.24, 2.45) is 0 Å². The molecule has 1 N–H and O–H groups in total. The van der Waals surface area contributed by atoms with Gasteiger partial charge in [-0.25, -0.2) is 8.42 Å². The zero-order valence-electron chi connectivity index (χ0n) is 15.7. The maximum absolute atomic E-state index is 12.7. The first-order valence-electron chi connectivity index (χ1n) is 8.89. The summed E-state index contributed by atoms with van der Waals surface area (Å²) in [6.07, 6.45) is 0. The number of nitrogens with one attached hydrogen (secondary N) is 1. The van der Waals surface area contributed by atoms with E-state index < -0.39 is 10.0 Å². The molecule has 0 bridgehead atoms. The maximum atomic E-state index is 12.7. The lowest BCUT2D eigenvalue weighted by Gasteiger charge is -2.20. The van der Waals surface area contributed by atoms with E-state index >= 15 is 0 Å². The van der Waals surface area contributed by atoms with Crippen molar-refractivity contribution in [1.29, 1.82) is 0 Å². The van der Waals surface area contributed by atoms with E-state index in [2.05, 4.69) is 5.32 Å². The van der Waals surface area contributed by atoms with Crippen LogP contribution < -0.4 is 9.62 Å². The van der Waals surface area contributed by atoms with Crippen LogP contribution in [0.4, 0.5) is 5.69 Å². The van der Waals surface area contributed by atoms with Crippen molar-refractivity contribution < 1.29 is 13.2 Å². The number of nitrogens with zero attached hydrogens (tertiary/aromatic N) is 1. The van der Waals surface area contributed by atoms with E-state index in [4.69, 9.17) is 0 Å². The summed E-state index contributed by atoms with van der Waals surface area (Å²) in [5, 5.41) is 2.95. The van der Waals surface area contributed by atoms with E-state index in [0.717, 1.165) is 5.56 Å². The van der Waals surface area contributed by atoms with Crippen molar-refractivity contribution in [2.75, 3.05) is 11.4 Å². The average molecular weight is 394 g/mol. The summed E-state index contributed by atoms with van der Waals surface area (Å²) in [4.78, 5) is 12.7. The van der Waals surface area contributed by atoms with E-state index in [9.17, 15) is 13.2 Å². The lowest BCUT2D eigenvalue weighted by Crippen LogP contribution is -2.28. The lowest BCUT2D eigenvalue weighted by atomic mass is 10.1.